The maximum absolute atomic E-state index is 10.2. The summed E-state index contributed by atoms with van der Waals surface area (Å²) < 4.78 is 6.17. The van der Waals surface area contributed by atoms with Crippen molar-refractivity contribution >= 4 is 52.9 Å². The molecule has 134 valence electrons. The SMILES string of the molecule is CCNC(=NCc1nc(C)c(C)o1)NCC(O)c1ccc(Cl)s1.I. The molecule has 0 amide bonds. The third kappa shape index (κ3) is 6.23. The van der Waals surface area contributed by atoms with Crippen molar-refractivity contribution in [1.29, 1.82) is 0 Å². The van der Waals surface area contributed by atoms with E-state index in [1.165, 1.54) is 11.3 Å². The first-order chi connectivity index (χ1) is 11.0. The highest BCUT2D eigenvalue weighted by atomic mass is 127. The predicted octanol–water partition coefficient (Wildman–Crippen LogP) is 3.41. The van der Waals surface area contributed by atoms with E-state index in [-0.39, 0.29) is 24.0 Å². The lowest BCUT2D eigenvalue weighted by Crippen LogP contribution is -2.39. The number of halogens is 2. The molecular formula is C15H22ClIN4O2S. The van der Waals surface area contributed by atoms with Crippen molar-refractivity contribution in [3.8, 4) is 0 Å². The van der Waals surface area contributed by atoms with Crippen molar-refractivity contribution in [1.82, 2.24) is 15.6 Å². The first-order valence-corrected chi connectivity index (χ1v) is 8.57. The normalized spacial score (nSPS) is 12.6. The molecule has 0 fully saturated rings. The number of guanidine groups is 1. The molecule has 2 rings (SSSR count). The van der Waals surface area contributed by atoms with Crippen LogP contribution in [0.1, 0.15) is 35.2 Å². The number of hydrogen-bond acceptors (Lipinski definition) is 5. The summed E-state index contributed by atoms with van der Waals surface area (Å²) in [5.41, 5.74) is 0.873. The Labute approximate surface area is 167 Å². The summed E-state index contributed by atoms with van der Waals surface area (Å²) >= 11 is 7.25. The molecule has 3 N–H and O–H groups in total. The number of aliphatic imine (C=N–C) groups is 1. The third-order valence-corrected chi connectivity index (χ3v) is 4.51. The van der Waals surface area contributed by atoms with Crippen LogP contribution >= 0.6 is 46.9 Å². The maximum atomic E-state index is 10.2. The highest BCUT2D eigenvalue weighted by Gasteiger charge is 2.11. The van der Waals surface area contributed by atoms with Gasteiger partial charge in [0, 0.05) is 18.0 Å². The number of aliphatic hydroxyl groups excluding tert-OH is 1. The van der Waals surface area contributed by atoms with Gasteiger partial charge < -0.3 is 20.2 Å². The van der Waals surface area contributed by atoms with E-state index in [1.54, 1.807) is 6.07 Å². The van der Waals surface area contributed by atoms with Gasteiger partial charge in [0.2, 0.25) is 5.89 Å². The van der Waals surface area contributed by atoms with Crippen molar-refractivity contribution in [3.63, 3.8) is 0 Å². The minimum atomic E-state index is -0.636. The number of nitrogens with one attached hydrogen (secondary N) is 2. The average Bonchev–Trinajstić information content (AvgIpc) is 3.08. The van der Waals surface area contributed by atoms with E-state index in [4.69, 9.17) is 16.0 Å². The smallest absolute Gasteiger partial charge is 0.216 e. The molecule has 0 bridgehead atoms. The average molecular weight is 485 g/mol. The Bertz CT molecular complexity index is 655. The standard InChI is InChI=1S/C15H21ClN4O2S.HI/c1-4-17-15(19-8-14-20-9(2)10(3)22-14)18-7-11(21)12-5-6-13(16)23-12;/h5-6,11,21H,4,7-8H2,1-3H3,(H2,17,18,19);1H. The number of rotatable bonds is 6. The number of nitrogens with zero attached hydrogens (tertiary/aromatic N) is 2. The molecule has 0 aliphatic heterocycles. The first-order valence-electron chi connectivity index (χ1n) is 7.38. The molecule has 0 aliphatic carbocycles. The number of aliphatic hydroxyl groups is 1. The summed E-state index contributed by atoms with van der Waals surface area (Å²) in [6.07, 6.45) is -0.636. The van der Waals surface area contributed by atoms with Gasteiger partial charge >= 0.3 is 0 Å². The Morgan fingerprint density at radius 2 is 2.17 bits per heavy atom. The van der Waals surface area contributed by atoms with Crippen LogP contribution in [0.25, 0.3) is 0 Å². The van der Waals surface area contributed by atoms with E-state index < -0.39 is 6.10 Å². The predicted molar refractivity (Wildman–Crippen MR) is 108 cm³/mol. The van der Waals surface area contributed by atoms with Crippen molar-refractivity contribution < 1.29 is 9.52 Å². The topological polar surface area (TPSA) is 82.7 Å². The van der Waals surface area contributed by atoms with Gasteiger partial charge in [0.1, 0.15) is 18.4 Å². The molecule has 24 heavy (non-hydrogen) atoms. The molecule has 0 spiro atoms. The second-order valence-electron chi connectivity index (χ2n) is 4.98. The molecule has 6 nitrogen and oxygen atoms in total. The second kappa shape index (κ2) is 10.2. The van der Waals surface area contributed by atoms with Crippen LogP contribution in [-0.2, 0) is 6.54 Å². The van der Waals surface area contributed by atoms with Gasteiger partial charge in [-0.05, 0) is 32.9 Å². The molecule has 1 atom stereocenters. The highest BCUT2D eigenvalue weighted by Crippen LogP contribution is 2.26. The Kier molecular flexibility index (Phi) is 9.03. The summed E-state index contributed by atoms with van der Waals surface area (Å²) in [4.78, 5) is 9.53. The summed E-state index contributed by atoms with van der Waals surface area (Å²) in [7, 11) is 0. The van der Waals surface area contributed by atoms with Gasteiger partial charge in [0.25, 0.3) is 0 Å². The van der Waals surface area contributed by atoms with Crippen molar-refractivity contribution in [2.45, 2.75) is 33.4 Å². The molecule has 2 heterocycles. The minimum absolute atomic E-state index is 0. The van der Waals surface area contributed by atoms with Gasteiger partial charge in [-0.3, -0.25) is 0 Å². The third-order valence-electron chi connectivity index (χ3n) is 3.17. The molecule has 0 saturated heterocycles. The van der Waals surface area contributed by atoms with Crippen molar-refractivity contribution in [2.75, 3.05) is 13.1 Å². The number of aryl methyl sites for hydroxylation is 2. The molecule has 0 radical (unpaired) electrons. The van der Waals surface area contributed by atoms with Gasteiger partial charge in [-0.15, -0.1) is 35.3 Å². The second-order valence-corrected chi connectivity index (χ2v) is 6.73. The molecule has 1 unspecified atom stereocenters. The van der Waals surface area contributed by atoms with Crippen LogP contribution in [0.15, 0.2) is 21.5 Å². The van der Waals surface area contributed by atoms with Crippen LogP contribution < -0.4 is 10.6 Å². The maximum Gasteiger partial charge on any atom is 0.216 e. The van der Waals surface area contributed by atoms with E-state index in [0.717, 1.165) is 22.9 Å². The lowest BCUT2D eigenvalue weighted by atomic mass is 10.3. The number of aromatic nitrogens is 1. The van der Waals surface area contributed by atoms with Crippen LogP contribution in [-0.4, -0.2) is 29.1 Å². The van der Waals surface area contributed by atoms with Crippen LogP contribution in [0.4, 0.5) is 0 Å². The van der Waals surface area contributed by atoms with Gasteiger partial charge in [-0.2, -0.15) is 0 Å². The fourth-order valence-corrected chi connectivity index (χ4v) is 2.94. The first kappa shape index (κ1) is 21.2. The Balaban J connectivity index is 0.00000288. The number of hydrogen-bond donors (Lipinski definition) is 3. The fourth-order valence-electron chi connectivity index (χ4n) is 1.90. The zero-order valence-electron chi connectivity index (χ0n) is 13.8. The van der Waals surface area contributed by atoms with E-state index >= 15 is 0 Å². The van der Waals surface area contributed by atoms with Crippen LogP contribution in [0, 0.1) is 13.8 Å². The number of oxazole rings is 1. The fraction of sp³-hybridized carbons (Fsp3) is 0.467. The highest BCUT2D eigenvalue weighted by molar-refractivity contribution is 14.0. The van der Waals surface area contributed by atoms with Gasteiger partial charge in [-0.25, -0.2) is 9.98 Å². The van der Waals surface area contributed by atoms with Crippen molar-refractivity contribution in [2.24, 2.45) is 4.99 Å². The van der Waals surface area contributed by atoms with E-state index in [0.29, 0.717) is 29.3 Å². The molecular weight excluding hydrogens is 463 g/mol. The molecule has 9 heteroatoms. The van der Waals surface area contributed by atoms with Crippen LogP contribution in [0.2, 0.25) is 4.34 Å². The molecule has 0 saturated carbocycles. The Morgan fingerprint density at radius 1 is 1.42 bits per heavy atom. The Hall–Kier alpha value is -0.840. The summed E-state index contributed by atoms with van der Waals surface area (Å²) in [5.74, 6) is 1.98. The number of thiophene rings is 1. The monoisotopic (exact) mass is 484 g/mol. The quantitative estimate of drug-likeness (QED) is 0.332. The minimum Gasteiger partial charge on any atom is -0.444 e. The molecule has 2 aromatic rings. The zero-order chi connectivity index (χ0) is 16.8. The largest absolute Gasteiger partial charge is 0.444 e. The zero-order valence-corrected chi connectivity index (χ0v) is 17.7. The Morgan fingerprint density at radius 3 is 2.71 bits per heavy atom. The van der Waals surface area contributed by atoms with Crippen LogP contribution in [0.3, 0.4) is 0 Å². The summed E-state index contributed by atoms with van der Waals surface area (Å²) in [6, 6.07) is 3.60. The molecule has 0 aliphatic rings. The summed E-state index contributed by atoms with van der Waals surface area (Å²) in [5, 5.41) is 16.4. The van der Waals surface area contributed by atoms with Crippen molar-refractivity contribution in [3.05, 3.63) is 38.7 Å². The van der Waals surface area contributed by atoms with E-state index in [9.17, 15) is 5.11 Å². The van der Waals surface area contributed by atoms with Gasteiger partial charge in [-0.1, -0.05) is 11.6 Å². The summed E-state index contributed by atoms with van der Waals surface area (Å²) in [6.45, 7) is 7.15. The van der Waals surface area contributed by atoms with Gasteiger partial charge in [0.05, 0.1) is 10.0 Å². The van der Waals surface area contributed by atoms with E-state index in [2.05, 4.69) is 20.6 Å². The van der Waals surface area contributed by atoms with Crippen LogP contribution in [0.5, 0.6) is 0 Å². The molecule has 0 aromatic carbocycles. The van der Waals surface area contributed by atoms with Gasteiger partial charge in [0.15, 0.2) is 5.96 Å². The molecule has 2 aromatic heterocycles. The lowest BCUT2D eigenvalue weighted by molar-refractivity contribution is 0.184. The van der Waals surface area contributed by atoms with E-state index in [1.807, 2.05) is 26.8 Å². The lowest BCUT2D eigenvalue weighted by Gasteiger charge is -2.14.